The van der Waals surface area contributed by atoms with Crippen molar-refractivity contribution in [2.24, 2.45) is 0 Å². The molecule has 0 saturated carbocycles. The molecule has 5 nitrogen and oxygen atoms in total. The van der Waals surface area contributed by atoms with Crippen molar-refractivity contribution < 1.29 is 9.59 Å². The normalized spacial score (nSPS) is 16.1. The Balaban J connectivity index is 0.00000261. The van der Waals surface area contributed by atoms with Gasteiger partial charge in [-0.05, 0) is 36.8 Å². The molecule has 7 heteroatoms. The van der Waals surface area contributed by atoms with E-state index in [9.17, 15) is 9.59 Å². The fourth-order valence-corrected chi connectivity index (χ4v) is 3.75. The van der Waals surface area contributed by atoms with Gasteiger partial charge in [-0.1, -0.05) is 24.3 Å². The number of hydrogen-bond donors (Lipinski definition) is 3. The topological polar surface area (TPSA) is 70.2 Å². The Morgan fingerprint density at radius 3 is 2.63 bits per heavy atom. The van der Waals surface area contributed by atoms with Gasteiger partial charge in [0.25, 0.3) is 5.91 Å². The first-order valence-corrected chi connectivity index (χ1v) is 9.85. The Bertz CT molecular complexity index is 780. The third-order valence-corrected chi connectivity index (χ3v) is 5.37. The first-order valence-electron chi connectivity index (χ1n) is 8.70. The van der Waals surface area contributed by atoms with Crippen molar-refractivity contribution in [1.82, 2.24) is 5.32 Å². The third-order valence-electron chi connectivity index (χ3n) is 4.24. The molecule has 0 radical (unpaired) electrons. The third kappa shape index (κ3) is 6.27. The lowest BCUT2D eigenvalue weighted by Gasteiger charge is -2.22. The fraction of sp³-hybridized carbons (Fsp3) is 0.300. The minimum absolute atomic E-state index is 0. The molecular weight excluding hydrogens is 382 g/mol. The zero-order valence-electron chi connectivity index (χ0n) is 15.2. The van der Waals surface area contributed by atoms with E-state index in [1.807, 2.05) is 55.1 Å². The Morgan fingerprint density at radius 1 is 1.15 bits per heavy atom. The molecule has 0 aromatic heterocycles. The molecular formula is C20H24ClN3O2S. The molecule has 3 rings (SSSR count). The number of amides is 2. The van der Waals surface area contributed by atoms with Gasteiger partial charge in [-0.2, -0.15) is 11.8 Å². The molecule has 1 aliphatic heterocycles. The Kier molecular flexibility index (Phi) is 8.16. The first kappa shape index (κ1) is 21.3. The van der Waals surface area contributed by atoms with Gasteiger partial charge in [0, 0.05) is 47.5 Å². The number of halogens is 1. The van der Waals surface area contributed by atoms with Crippen LogP contribution in [-0.2, 0) is 4.79 Å². The average Bonchev–Trinajstić information content (AvgIpc) is 2.65. The SMILES string of the molecule is Cc1ccc(C(=O)Nc2ccccc2)cc1NC(=O)CC1CSCCN1.Cl. The van der Waals surface area contributed by atoms with Crippen LogP contribution in [-0.4, -0.2) is 35.9 Å². The second-order valence-corrected chi connectivity index (χ2v) is 7.48. The molecule has 2 aromatic rings. The van der Waals surface area contributed by atoms with Crippen LogP contribution in [0.25, 0.3) is 0 Å². The summed E-state index contributed by atoms with van der Waals surface area (Å²) in [5.41, 5.74) is 2.87. The lowest BCUT2D eigenvalue weighted by molar-refractivity contribution is -0.116. The second-order valence-electron chi connectivity index (χ2n) is 6.33. The van der Waals surface area contributed by atoms with Gasteiger partial charge >= 0.3 is 0 Å². The van der Waals surface area contributed by atoms with Gasteiger partial charge in [-0.3, -0.25) is 9.59 Å². The van der Waals surface area contributed by atoms with E-state index in [4.69, 9.17) is 0 Å². The van der Waals surface area contributed by atoms with Gasteiger partial charge in [0.15, 0.2) is 0 Å². The predicted octanol–water partition coefficient (Wildman–Crippen LogP) is 3.70. The van der Waals surface area contributed by atoms with Gasteiger partial charge in [-0.15, -0.1) is 12.4 Å². The van der Waals surface area contributed by atoms with E-state index in [-0.39, 0.29) is 30.3 Å². The Hall–Kier alpha value is -2.02. The lowest BCUT2D eigenvalue weighted by Crippen LogP contribution is -2.39. The van der Waals surface area contributed by atoms with Crippen LogP contribution in [0.1, 0.15) is 22.3 Å². The minimum Gasteiger partial charge on any atom is -0.326 e. The van der Waals surface area contributed by atoms with E-state index in [0.29, 0.717) is 17.7 Å². The van der Waals surface area contributed by atoms with Crippen LogP contribution in [0, 0.1) is 6.92 Å². The number of thioether (sulfide) groups is 1. The number of nitrogens with one attached hydrogen (secondary N) is 3. The molecule has 1 atom stereocenters. The van der Waals surface area contributed by atoms with Crippen molar-refractivity contribution in [2.45, 2.75) is 19.4 Å². The molecule has 2 amide bonds. The number of rotatable bonds is 5. The maximum absolute atomic E-state index is 12.4. The van der Waals surface area contributed by atoms with Crippen molar-refractivity contribution in [3.05, 3.63) is 59.7 Å². The number of carbonyl (C=O) groups is 2. The van der Waals surface area contributed by atoms with Crippen LogP contribution in [0.15, 0.2) is 48.5 Å². The van der Waals surface area contributed by atoms with Crippen molar-refractivity contribution in [3.63, 3.8) is 0 Å². The number of aryl methyl sites for hydroxylation is 1. The second kappa shape index (κ2) is 10.3. The molecule has 1 heterocycles. The zero-order valence-corrected chi connectivity index (χ0v) is 16.8. The summed E-state index contributed by atoms with van der Waals surface area (Å²) in [5, 5.41) is 9.17. The smallest absolute Gasteiger partial charge is 0.255 e. The average molecular weight is 406 g/mol. The van der Waals surface area contributed by atoms with Crippen molar-refractivity contribution in [1.29, 1.82) is 0 Å². The molecule has 2 aromatic carbocycles. The van der Waals surface area contributed by atoms with Crippen LogP contribution in [0.4, 0.5) is 11.4 Å². The first-order chi connectivity index (χ1) is 12.6. The summed E-state index contributed by atoms with van der Waals surface area (Å²) in [7, 11) is 0. The van der Waals surface area contributed by atoms with Crippen LogP contribution < -0.4 is 16.0 Å². The molecule has 1 aliphatic rings. The van der Waals surface area contributed by atoms with Crippen LogP contribution in [0.3, 0.4) is 0 Å². The number of para-hydroxylation sites is 1. The highest BCUT2D eigenvalue weighted by molar-refractivity contribution is 7.99. The monoisotopic (exact) mass is 405 g/mol. The maximum Gasteiger partial charge on any atom is 0.255 e. The summed E-state index contributed by atoms with van der Waals surface area (Å²) < 4.78 is 0. The summed E-state index contributed by atoms with van der Waals surface area (Å²) in [6.07, 6.45) is 0.437. The summed E-state index contributed by atoms with van der Waals surface area (Å²) in [4.78, 5) is 24.8. The molecule has 144 valence electrons. The quantitative estimate of drug-likeness (QED) is 0.709. The van der Waals surface area contributed by atoms with E-state index in [1.165, 1.54) is 0 Å². The lowest BCUT2D eigenvalue weighted by atomic mass is 10.1. The summed E-state index contributed by atoms with van der Waals surface area (Å²) >= 11 is 1.87. The number of benzene rings is 2. The summed E-state index contributed by atoms with van der Waals surface area (Å²) in [5.74, 6) is 1.81. The van der Waals surface area contributed by atoms with Gasteiger partial charge in [0.2, 0.25) is 5.91 Å². The molecule has 0 bridgehead atoms. The van der Waals surface area contributed by atoms with Crippen LogP contribution in [0.5, 0.6) is 0 Å². The molecule has 27 heavy (non-hydrogen) atoms. The summed E-state index contributed by atoms with van der Waals surface area (Å²) in [6, 6.07) is 14.9. The number of hydrogen-bond acceptors (Lipinski definition) is 4. The highest BCUT2D eigenvalue weighted by Gasteiger charge is 2.17. The van der Waals surface area contributed by atoms with Gasteiger partial charge in [-0.25, -0.2) is 0 Å². The number of carbonyl (C=O) groups excluding carboxylic acids is 2. The van der Waals surface area contributed by atoms with E-state index in [0.717, 1.165) is 29.3 Å². The molecule has 0 spiro atoms. The van der Waals surface area contributed by atoms with Crippen molar-refractivity contribution >= 4 is 47.4 Å². The van der Waals surface area contributed by atoms with Crippen molar-refractivity contribution in [2.75, 3.05) is 28.7 Å². The fourth-order valence-electron chi connectivity index (χ4n) is 2.80. The molecule has 1 unspecified atom stereocenters. The van der Waals surface area contributed by atoms with Gasteiger partial charge in [0.1, 0.15) is 0 Å². The predicted molar refractivity (Wildman–Crippen MR) is 115 cm³/mol. The molecule has 0 aliphatic carbocycles. The highest BCUT2D eigenvalue weighted by atomic mass is 35.5. The van der Waals surface area contributed by atoms with E-state index < -0.39 is 0 Å². The van der Waals surface area contributed by atoms with Gasteiger partial charge in [0.05, 0.1) is 0 Å². The maximum atomic E-state index is 12.4. The van der Waals surface area contributed by atoms with E-state index in [1.54, 1.807) is 12.1 Å². The van der Waals surface area contributed by atoms with E-state index in [2.05, 4.69) is 16.0 Å². The highest BCUT2D eigenvalue weighted by Crippen LogP contribution is 2.19. The van der Waals surface area contributed by atoms with Crippen molar-refractivity contribution in [3.8, 4) is 0 Å². The van der Waals surface area contributed by atoms with Crippen LogP contribution in [0.2, 0.25) is 0 Å². The molecule has 1 saturated heterocycles. The van der Waals surface area contributed by atoms with E-state index >= 15 is 0 Å². The standard InChI is InChI=1S/C20H23N3O2S.ClH/c1-14-7-8-15(20(25)22-16-5-3-2-4-6-16)11-18(14)23-19(24)12-17-13-26-10-9-21-17;/h2-8,11,17,21H,9-10,12-13H2,1H3,(H,22,25)(H,23,24);1H. The largest absolute Gasteiger partial charge is 0.326 e. The molecule has 1 fully saturated rings. The number of anilines is 2. The van der Waals surface area contributed by atoms with Crippen LogP contribution >= 0.6 is 24.2 Å². The minimum atomic E-state index is -0.197. The molecule has 3 N–H and O–H groups in total. The summed E-state index contributed by atoms with van der Waals surface area (Å²) in [6.45, 7) is 2.86. The zero-order chi connectivity index (χ0) is 18.4. The Morgan fingerprint density at radius 2 is 1.93 bits per heavy atom. The van der Waals surface area contributed by atoms with Gasteiger partial charge < -0.3 is 16.0 Å². The Labute approximate surface area is 170 Å².